The second-order valence-electron chi connectivity index (χ2n) is 5.91. The first-order valence-electron chi connectivity index (χ1n) is 7.88. The monoisotopic (exact) mass is 367 g/mol. The van der Waals surface area contributed by atoms with Gasteiger partial charge < -0.3 is 5.32 Å². The van der Waals surface area contributed by atoms with Gasteiger partial charge >= 0.3 is 0 Å². The summed E-state index contributed by atoms with van der Waals surface area (Å²) in [5.74, 6) is 1.44. The molecule has 1 amide bonds. The Balaban J connectivity index is 1.65. The van der Waals surface area contributed by atoms with Gasteiger partial charge in [-0.2, -0.15) is 10.1 Å². The third-order valence-corrected chi connectivity index (χ3v) is 4.82. The molecule has 0 saturated carbocycles. The lowest BCUT2D eigenvalue weighted by Gasteiger charge is -2.19. The zero-order valence-electron chi connectivity index (χ0n) is 13.4. The van der Waals surface area contributed by atoms with Gasteiger partial charge in [-0.15, -0.1) is 0 Å². The zero-order chi connectivity index (χ0) is 17.1. The molecule has 3 rings (SSSR count). The number of amides is 1. The Morgan fingerprint density at radius 3 is 2.79 bits per heavy atom. The summed E-state index contributed by atoms with van der Waals surface area (Å²) in [4.78, 5) is 16.7. The number of nitrogens with zero attached hydrogens (tertiary/aromatic N) is 3. The van der Waals surface area contributed by atoms with Crippen LogP contribution in [0.1, 0.15) is 30.1 Å². The number of piperidine rings is 1. The Labute approximate surface area is 150 Å². The molecule has 24 heavy (non-hydrogen) atoms. The molecule has 2 aromatic rings. The first-order chi connectivity index (χ1) is 11.5. The molecular formula is C16H19Cl2N5O. The van der Waals surface area contributed by atoms with E-state index in [0.29, 0.717) is 21.9 Å². The third-order valence-electron chi connectivity index (χ3n) is 4.08. The van der Waals surface area contributed by atoms with Crippen LogP contribution in [0.4, 0.5) is 5.95 Å². The van der Waals surface area contributed by atoms with Gasteiger partial charge in [0.25, 0.3) is 0 Å². The fourth-order valence-electron chi connectivity index (χ4n) is 2.77. The molecule has 1 aromatic carbocycles. The van der Waals surface area contributed by atoms with Crippen LogP contribution in [0.25, 0.3) is 0 Å². The van der Waals surface area contributed by atoms with E-state index in [0.717, 1.165) is 37.3 Å². The second kappa shape index (κ2) is 7.51. The van der Waals surface area contributed by atoms with Crippen LogP contribution < -0.4 is 10.6 Å². The van der Waals surface area contributed by atoms with Crippen LogP contribution in [0.15, 0.2) is 18.2 Å². The molecule has 2 heterocycles. The molecule has 0 spiro atoms. The van der Waals surface area contributed by atoms with E-state index in [9.17, 15) is 4.79 Å². The van der Waals surface area contributed by atoms with E-state index in [2.05, 4.69) is 20.7 Å². The van der Waals surface area contributed by atoms with Crippen LogP contribution in [-0.2, 0) is 18.3 Å². The minimum absolute atomic E-state index is 0.166. The summed E-state index contributed by atoms with van der Waals surface area (Å²) in [7, 11) is 1.78. The number of anilines is 1. The van der Waals surface area contributed by atoms with Crippen LogP contribution in [0.2, 0.25) is 10.0 Å². The minimum Gasteiger partial charge on any atom is -0.317 e. The van der Waals surface area contributed by atoms with Gasteiger partial charge in [0, 0.05) is 13.0 Å². The molecule has 1 aliphatic rings. The van der Waals surface area contributed by atoms with Gasteiger partial charge in [0.05, 0.1) is 16.5 Å². The highest BCUT2D eigenvalue weighted by atomic mass is 35.5. The topological polar surface area (TPSA) is 71.8 Å². The Kier molecular flexibility index (Phi) is 5.38. The average Bonchev–Trinajstić information content (AvgIpc) is 2.93. The van der Waals surface area contributed by atoms with Crippen molar-refractivity contribution in [3.8, 4) is 0 Å². The number of rotatable bonds is 4. The van der Waals surface area contributed by atoms with E-state index in [-0.39, 0.29) is 12.3 Å². The summed E-state index contributed by atoms with van der Waals surface area (Å²) < 4.78 is 1.62. The minimum atomic E-state index is -0.166. The predicted molar refractivity (Wildman–Crippen MR) is 94.6 cm³/mol. The van der Waals surface area contributed by atoms with E-state index >= 15 is 0 Å². The number of hydrogen-bond donors (Lipinski definition) is 2. The van der Waals surface area contributed by atoms with E-state index in [1.807, 2.05) is 0 Å². The Morgan fingerprint density at radius 1 is 1.33 bits per heavy atom. The summed E-state index contributed by atoms with van der Waals surface area (Å²) in [6.07, 6.45) is 2.23. The number of carbonyl (C=O) groups excluding carboxylic acids is 1. The maximum Gasteiger partial charge on any atom is 0.231 e. The van der Waals surface area contributed by atoms with Crippen LogP contribution in [-0.4, -0.2) is 33.8 Å². The first-order valence-corrected chi connectivity index (χ1v) is 8.64. The van der Waals surface area contributed by atoms with Crippen LogP contribution in [0, 0.1) is 0 Å². The van der Waals surface area contributed by atoms with Crippen molar-refractivity contribution < 1.29 is 4.79 Å². The highest BCUT2D eigenvalue weighted by molar-refractivity contribution is 6.42. The Morgan fingerprint density at radius 2 is 2.08 bits per heavy atom. The largest absolute Gasteiger partial charge is 0.317 e. The number of halogens is 2. The van der Waals surface area contributed by atoms with Crippen LogP contribution >= 0.6 is 23.2 Å². The van der Waals surface area contributed by atoms with Crippen molar-refractivity contribution in [2.24, 2.45) is 7.05 Å². The van der Waals surface area contributed by atoms with Crippen molar-refractivity contribution in [3.63, 3.8) is 0 Å². The first kappa shape index (κ1) is 17.2. The van der Waals surface area contributed by atoms with Crippen molar-refractivity contribution in [1.82, 2.24) is 20.1 Å². The summed E-state index contributed by atoms with van der Waals surface area (Å²) in [6, 6.07) is 5.16. The molecule has 2 N–H and O–H groups in total. The highest BCUT2D eigenvalue weighted by Crippen LogP contribution is 2.24. The van der Waals surface area contributed by atoms with Gasteiger partial charge in [-0.05, 0) is 43.6 Å². The molecular weight excluding hydrogens is 349 g/mol. The number of aryl methyl sites for hydroxylation is 1. The van der Waals surface area contributed by atoms with Gasteiger partial charge in [0.1, 0.15) is 0 Å². The lowest BCUT2D eigenvalue weighted by Crippen LogP contribution is -2.27. The molecule has 128 valence electrons. The fourth-order valence-corrected chi connectivity index (χ4v) is 3.09. The third kappa shape index (κ3) is 4.06. The van der Waals surface area contributed by atoms with E-state index in [1.54, 1.807) is 29.9 Å². The maximum absolute atomic E-state index is 12.2. The molecule has 6 nitrogen and oxygen atoms in total. The molecule has 0 unspecified atom stereocenters. The summed E-state index contributed by atoms with van der Waals surface area (Å²) in [6.45, 7) is 1.95. The molecule has 0 bridgehead atoms. The van der Waals surface area contributed by atoms with Crippen molar-refractivity contribution in [2.75, 3.05) is 18.4 Å². The molecule has 1 aromatic heterocycles. The standard InChI is InChI=1S/C16H19Cl2N5O/c1-23-16(21-15(22-23)11-4-6-19-7-5-11)20-14(24)9-10-2-3-12(17)13(18)8-10/h2-3,8,11,19H,4-7,9H2,1H3,(H,20,21,22,24). The van der Waals surface area contributed by atoms with E-state index < -0.39 is 0 Å². The molecule has 0 radical (unpaired) electrons. The maximum atomic E-state index is 12.2. The van der Waals surface area contributed by atoms with Crippen LogP contribution in [0.3, 0.4) is 0 Å². The molecule has 1 aliphatic heterocycles. The number of carbonyl (C=O) groups is 1. The molecule has 8 heteroatoms. The molecule has 1 fully saturated rings. The van der Waals surface area contributed by atoms with Crippen molar-refractivity contribution in [3.05, 3.63) is 39.6 Å². The van der Waals surface area contributed by atoms with Gasteiger partial charge in [-0.3, -0.25) is 10.1 Å². The van der Waals surface area contributed by atoms with Crippen molar-refractivity contribution in [2.45, 2.75) is 25.2 Å². The predicted octanol–water partition coefficient (Wildman–Crippen LogP) is 2.77. The van der Waals surface area contributed by atoms with E-state index in [1.165, 1.54) is 0 Å². The van der Waals surface area contributed by atoms with Gasteiger partial charge in [-0.25, -0.2) is 4.68 Å². The molecule has 0 atom stereocenters. The smallest absolute Gasteiger partial charge is 0.231 e. The Bertz CT molecular complexity index is 740. The number of nitrogens with one attached hydrogen (secondary N) is 2. The number of hydrogen-bond acceptors (Lipinski definition) is 4. The SMILES string of the molecule is Cn1nc(C2CCNCC2)nc1NC(=O)Cc1ccc(Cl)c(Cl)c1. The lowest BCUT2D eigenvalue weighted by molar-refractivity contribution is -0.115. The molecule has 1 saturated heterocycles. The van der Waals surface area contributed by atoms with E-state index in [4.69, 9.17) is 23.2 Å². The highest BCUT2D eigenvalue weighted by Gasteiger charge is 2.21. The van der Waals surface area contributed by atoms with Gasteiger partial charge in [0.15, 0.2) is 5.82 Å². The van der Waals surface area contributed by atoms with Crippen molar-refractivity contribution in [1.29, 1.82) is 0 Å². The summed E-state index contributed by atoms with van der Waals surface area (Å²) in [5.41, 5.74) is 0.794. The average molecular weight is 368 g/mol. The zero-order valence-corrected chi connectivity index (χ0v) is 14.9. The van der Waals surface area contributed by atoms with Crippen LogP contribution in [0.5, 0.6) is 0 Å². The molecule has 0 aliphatic carbocycles. The van der Waals surface area contributed by atoms with Gasteiger partial charge in [-0.1, -0.05) is 29.3 Å². The van der Waals surface area contributed by atoms with Crippen molar-refractivity contribution >= 4 is 35.1 Å². The number of benzene rings is 1. The Hall–Kier alpha value is -1.63. The summed E-state index contributed by atoms with van der Waals surface area (Å²) in [5, 5.41) is 11.5. The second-order valence-corrected chi connectivity index (χ2v) is 6.73. The summed E-state index contributed by atoms with van der Waals surface area (Å²) >= 11 is 11.9. The van der Waals surface area contributed by atoms with Gasteiger partial charge in [0.2, 0.25) is 11.9 Å². The fraction of sp³-hybridized carbons (Fsp3) is 0.438. The normalized spacial score (nSPS) is 15.5. The lowest BCUT2D eigenvalue weighted by atomic mass is 9.98. The quantitative estimate of drug-likeness (QED) is 0.871. The number of aromatic nitrogens is 3.